The molecule has 1 heterocycles. The quantitative estimate of drug-likeness (QED) is 0.860. The summed E-state index contributed by atoms with van der Waals surface area (Å²) in [4.78, 5) is 0. The molecule has 1 aliphatic heterocycles. The predicted octanol–water partition coefficient (Wildman–Crippen LogP) is 3.08. The van der Waals surface area contributed by atoms with Gasteiger partial charge in [0.25, 0.3) is 0 Å². The summed E-state index contributed by atoms with van der Waals surface area (Å²) in [6, 6.07) is 9.32. The van der Waals surface area contributed by atoms with E-state index >= 15 is 0 Å². The average Bonchev–Trinajstić information content (AvgIpc) is 3.24. The van der Waals surface area contributed by atoms with Gasteiger partial charge in [-0.2, -0.15) is 0 Å². The van der Waals surface area contributed by atoms with Crippen LogP contribution in [0.5, 0.6) is 0 Å². The molecule has 1 aliphatic carbocycles. The molecule has 2 nitrogen and oxygen atoms in total. The molecular weight excluding hydrogens is 222 g/mol. The van der Waals surface area contributed by atoms with Gasteiger partial charge in [-0.15, -0.1) is 0 Å². The third-order valence-electron chi connectivity index (χ3n) is 4.12. The standard InChI is InChI=1S/C16H23NO/c1-2-10-17-15(13-7-8-13)16-14-6-4-3-5-12(14)9-11-18-16/h3-6,13,15-17H,2,7-11H2,1H3. The molecule has 3 rings (SSSR count). The molecule has 0 aromatic heterocycles. The van der Waals surface area contributed by atoms with Crippen LogP contribution < -0.4 is 5.32 Å². The zero-order valence-electron chi connectivity index (χ0n) is 11.2. The zero-order chi connectivity index (χ0) is 12.4. The summed E-state index contributed by atoms with van der Waals surface area (Å²) in [5, 5.41) is 3.72. The van der Waals surface area contributed by atoms with Crippen molar-refractivity contribution in [3.8, 4) is 0 Å². The van der Waals surface area contributed by atoms with E-state index in [1.807, 2.05) is 0 Å². The van der Waals surface area contributed by atoms with Crippen molar-refractivity contribution in [2.45, 2.75) is 44.8 Å². The van der Waals surface area contributed by atoms with E-state index < -0.39 is 0 Å². The van der Waals surface area contributed by atoms with Crippen molar-refractivity contribution in [2.75, 3.05) is 13.2 Å². The third-order valence-corrected chi connectivity index (χ3v) is 4.12. The molecule has 1 saturated carbocycles. The maximum absolute atomic E-state index is 6.10. The Labute approximate surface area is 110 Å². The van der Waals surface area contributed by atoms with Gasteiger partial charge < -0.3 is 10.1 Å². The number of benzene rings is 1. The lowest BCUT2D eigenvalue weighted by atomic mass is 9.91. The van der Waals surface area contributed by atoms with E-state index in [2.05, 4.69) is 36.5 Å². The lowest BCUT2D eigenvalue weighted by molar-refractivity contribution is 0.00983. The fraction of sp³-hybridized carbons (Fsp3) is 0.625. The summed E-state index contributed by atoms with van der Waals surface area (Å²) in [6.07, 6.45) is 5.26. The molecular formula is C16H23NO. The van der Waals surface area contributed by atoms with Gasteiger partial charge >= 0.3 is 0 Å². The van der Waals surface area contributed by atoms with Gasteiger partial charge in [0, 0.05) is 6.04 Å². The number of hydrogen-bond acceptors (Lipinski definition) is 2. The first-order valence-corrected chi connectivity index (χ1v) is 7.33. The summed E-state index contributed by atoms with van der Waals surface area (Å²) in [5.41, 5.74) is 2.90. The highest BCUT2D eigenvalue weighted by Crippen LogP contribution is 2.41. The van der Waals surface area contributed by atoms with Crippen LogP contribution in [0.3, 0.4) is 0 Å². The summed E-state index contributed by atoms with van der Waals surface area (Å²) in [5.74, 6) is 0.827. The van der Waals surface area contributed by atoms with E-state index in [9.17, 15) is 0 Å². The summed E-state index contributed by atoms with van der Waals surface area (Å²) < 4.78 is 6.10. The molecule has 0 radical (unpaired) electrons. The van der Waals surface area contributed by atoms with Crippen molar-refractivity contribution in [1.82, 2.24) is 5.32 Å². The number of fused-ring (bicyclic) bond motifs is 1. The van der Waals surface area contributed by atoms with Gasteiger partial charge in [0.15, 0.2) is 0 Å². The second-order valence-corrected chi connectivity index (χ2v) is 5.56. The highest BCUT2D eigenvalue weighted by atomic mass is 16.5. The van der Waals surface area contributed by atoms with Gasteiger partial charge in [0.2, 0.25) is 0 Å². The monoisotopic (exact) mass is 245 g/mol. The van der Waals surface area contributed by atoms with Crippen LogP contribution in [0.1, 0.15) is 43.4 Å². The van der Waals surface area contributed by atoms with Gasteiger partial charge in [0.1, 0.15) is 0 Å². The van der Waals surface area contributed by atoms with Crippen LogP contribution in [0.4, 0.5) is 0 Å². The molecule has 1 fully saturated rings. The second kappa shape index (κ2) is 5.41. The topological polar surface area (TPSA) is 21.3 Å². The van der Waals surface area contributed by atoms with Crippen LogP contribution in [0, 0.1) is 5.92 Å². The van der Waals surface area contributed by atoms with Crippen molar-refractivity contribution in [3.63, 3.8) is 0 Å². The van der Waals surface area contributed by atoms with Gasteiger partial charge in [0.05, 0.1) is 12.7 Å². The molecule has 2 atom stereocenters. The first-order chi connectivity index (χ1) is 8.90. The van der Waals surface area contributed by atoms with Crippen LogP contribution in [0.2, 0.25) is 0 Å². The Hall–Kier alpha value is -0.860. The van der Waals surface area contributed by atoms with Crippen LogP contribution in [0.25, 0.3) is 0 Å². The second-order valence-electron chi connectivity index (χ2n) is 5.56. The van der Waals surface area contributed by atoms with Crippen molar-refractivity contribution in [3.05, 3.63) is 35.4 Å². The largest absolute Gasteiger partial charge is 0.372 e. The number of nitrogens with one attached hydrogen (secondary N) is 1. The summed E-state index contributed by atoms with van der Waals surface area (Å²) in [7, 11) is 0. The average molecular weight is 245 g/mol. The van der Waals surface area contributed by atoms with E-state index in [4.69, 9.17) is 4.74 Å². The van der Waals surface area contributed by atoms with E-state index in [-0.39, 0.29) is 6.10 Å². The molecule has 0 spiro atoms. The first kappa shape index (κ1) is 12.2. The third kappa shape index (κ3) is 2.45. The molecule has 0 saturated heterocycles. The maximum atomic E-state index is 6.10. The van der Waals surface area contributed by atoms with Crippen LogP contribution in [-0.4, -0.2) is 19.2 Å². The molecule has 1 N–H and O–H groups in total. The number of ether oxygens (including phenoxy) is 1. The molecule has 0 amide bonds. The lowest BCUT2D eigenvalue weighted by Gasteiger charge is -2.33. The van der Waals surface area contributed by atoms with Gasteiger partial charge in [-0.25, -0.2) is 0 Å². The predicted molar refractivity (Wildman–Crippen MR) is 73.6 cm³/mol. The fourth-order valence-corrected chi connectivity index (χ4v) is 3.01. The van der Waals surface area contributed by atoms with Gasteiger partial charge in [-0.1, -0.05) is 31.2 Å². The van der Waals surface area contributed by atoms with E-state index in [1.54, 1.807) is 0 Å². The Morgan fingerprint density at radius 1 is 1.33 bits per heavy atom. The molecule has 2 heteroatoms. The number of rotatable bonds is 5. The fourth-order valence-electron chi connectivity index (χ4n) is 3.01. The Bertz CT molecular complexity index is 400. The normalized spacial score (nSPS) is 24.6. The Morgan fingerprint density at radius 2 is 2.17 bits per heavy atom. The van der Waals surface area contributed by atoms with E-state index in [0.717, 1.165) is 25.5 Å². The molecule has 1 aromatic rings. The zero-order valence-corrected chi connectivity index (χ0v) is 11.2. The van der Waals surface area contributed by atoms with Crippen molar-refractivity contribution in [2.24, 2.45) is 5.92 Å². The van der Waals surface area contributed by atoms with Crippen molar-refractivity contribution < 1.29 is 4.74 Å². The van der Waals surface area contributed by atoms with E-state index in [1.165, 1.54) is 30.4 Å². The van der Waals surface area contributed by atoms with Crippen LogP contribution in [0.15, 0.2) is 24.3 Å². The molecule has 2 unspecified atom stereocenters. The molecule has 2 aliphatic rings. The summed E-state index contributed by atoms with van der Waals surface area (Å²) in [6.45, 7) is 4.20. The van der Waals surface area contributed by atoms with Crippen LogP contribution in [-0.2, 0) is 11.2 Å². The van der Waals surface area contributed by atoms with Crippen molar-refractivity contribution in [1.29, 1.82) is 0 Å². The van der Waals surface area contributed by atoms with Gasteiger partial charge in [-0.3, -0.25) is 0 Å². The van der Waals surface area contributed by atoms with Gasteiger partial charge in [-0.05, 0) is 49.3 Å². The minimum Gasteiger partial charge on any atom is -0.372 e. The van der Waals surface area contributed by atoms with Crippen LogP contribution >= 0.6 is 0 Å². The Balaban J connectivity index is 1.81. The Morgan fingerprint density at radius 3 is 2.94 bits per heavy atom. The number of hydrogen-bond donors (Lipinski definition) is 1. The highest BCUT2D eigenvalue weighted by Gasteiger charge is 2.39. The molecule has 0 bridgehead atoms. The highest BCUT2D eigenvalue weighted by molar-refractivity contribution is 5.32. The summed E-state index contributed by atoms with van der Waals surface area (Å²) >= 11 is 0. The first-order valence-electron chi connectivity index (χ1n) is 7.33. The molecule has 1 aromatic carbocycles. The SMILES string of the molecule is CCCNC(C1CC1)C1OCCc2ccccc21. The maximum Gasteiger partial charge on any atom is 0.0983 e. The minimum atomic E-state index is 0.272. The smallest absolute Gasteiger partial charge is 0.0983 e. The minimum absolute atomic E-state index is 0.272. The van der Waals surface area contributed by atoms with E-state index in [0.29, 0.717) is 6.04 Å². The molecule has 98 valence electrons. The Kier molecular flexibility index (Phi) is 3.67. The van der Waals surface area contributed by atoms with Crippen molar-refractivity contribution >= 4 is 0 Å². The molecule has 18 heavy (non-hydrogen) atoms. The lowest BCUT2D eigenvalue weighted by Crippen LogP contribution is -2.40.